The monoisotopic (exact) mass is 869 g/mol. The Balaban J connectivity index is 4.60. The highest BCUT2D eigenvalue weighted by Crippen LogP contribution is 2.11. The predicted molar refractivity (Wildman–Crippen MR) is 269 cm³/mol. The predicted octanol–water partition coefficient (Wildman–Crippen LogP) is 16.3. The van der Waals surface area contributed by atoms with Crippen molar-refractivity contribution in [2.75, 3.05) is 13.2 Å². The van der Waals surface area contributed by atoms with E-state index < -0.39 is 6.10 Å². The van der Waals surface area contributed by atoms with Gasteiger partial charge in [0.25, 0.3) is 0 Å². The molecule has 0 fully saturated rings. The third kappa shape index (κ3) is 48.4. The van der Waals surface area contributed by atoms with Crippen LogP contribution in [0.3, 0.4) is 0 Å². The van der Waals surface area contributed by atoms with E-state index in [1.807, 2.05) is 48.6 Å². The first-order valence-electron chi connectivity index (χ1n) is 24.7. The summed E-state index contributed by atoms with van der Waals surface area (Å²) in [6.45, 7) is 6.23. The molecule has 0 radical (unpaired) electrons. The Hall–Kier alpha value is -4.45. The summed E-state index contributed by atoms with van der Waals surface area (Å²) in [4.78, 5) is 37.9. The number of hydrogen-bond donors (Lipinski definition) is 0. The number of allylic oxidation sites excluding steroid dienone is 22. The van der Waals surface area contributed by atoms with Crippen molar-refractivity contribution >= 4 is 17.9 Å². The number of ether oxygens (including phenoxy) is 3. The molecular weight excluding hydrogens is 781 g/mol. The highest BCUT2D eigenvalue weighted by Gasteiger charge is 2.19. The number of hydrogen-bond acceptors (Lipinski definition) is 6. The van der Waals surface area contributed by atoms with Gasteiger partial charge < -0.3 is 14.2 Å². The molecular formula is C57H88O6. The first kappa shape index (κ1) is 58.6. The third-order valence-electron chi connectivity index (χ3n) is 9.73. The van der Waals surface area contributed by atoms with Crippen LogP contribution in [0.5, 0.6) is 0 Å². The average Bonchev–Trinajstić information content (AvgIpc) is 3.28. The summed E-state index contributed by atoms with van der Waals surface area (Å²) in [7, 11) is 0. The second-order valence-electron chi connectivity index (χ2n) is 15.7. The van der Waals surface area contributed by atoms with Gasteiger partial charge in [-0.1, -0.05) is 199 Å². The van der Waals surface area contributed by atoms with Crippen molar-refractivity contribution in [2.45, 2.75) is 194 Å². The minimum atomic E-state index is -0.839. The quantitative estimate of drug-likeness (QED) is 0.0200. The van der Waals surface area contributed by atoms with Crippen LogP contribution in [0.4, 0.5) is 0 Å². The summed E-state index contributed by atoms with van der Waals surface area (Å²) >= 11 is 0. The molecule has 0 aromatic heterocycles. The minimum Gasteiger partial charge on any atom is -0.462 e. The van der Waals surface area contributed by atoms with Gasteiger partial charge in [-0.25, -0.2) is 0 Å². The van der Waals surface area contributed by atoms with Gasteiger partial charge >= 0.3 is 17.9 Å². The van der Waals surface area contributed by atoms with Crippen LogP contribution in [0.2, 0.25) is 0 Å². The highest BCUT2D eigenvalue weighted by atomic mass is 16.6. The van der Waals surface area contributed by atoms with Gasteiger partial charge in [-0.15, -0.1) is 0 Å². The van der Waals surface area contributed by atoms with E-state index >= 15 is 0 Å². The summed E-state index contributed by atoms with van der Waals surface area (Å²) in [6.07, 6.45) is 70.2. The lowest BCUT2D eigenvalue weighted by Crippen LogP contribution is -2.30. The summed E-state index contributed by atoms with van der Waals surface area (Å²) in [5.41, 5.74) is 0. The summed E-state index contributed by atoms with van der Waals surface area (Å²) in [5.74, 6) is -1.09. The molecule has 0 N–H and O–H groups in total. The lowest BCUT2D eigenvalue weighted by Gasteiger charge is -2.18. The highest BCUT2D eigenvalue weighted by molar-refractivity contribution is 5.71. The summed E-state index contributed by atoms with van der Waals surface area (Å²) in [5, 5.41) is 0. The number of esters is 3. The minimum absolute atomic E-state index is 0.130. The Morgan fingerprint density at radius 1 is 0.349 bits per heavy atom. The van der Waals surface area contributed by atoms with Gasteiger partial charge in [0.2, 0.25) is 0 Å². The molecule has 0 aromatic rings. The van der Waals surface area contributed by atoms with E-state index in [0.717, 1.165) is 96.3 Å². The zero-order chi connectivity index (χ0) is 45.8. The van der Waals surface area contributed by atoms with E-state index in [1.54, 1.807) is 0 Å². The van der Waals surface area contributed by atoms with Crippen LogP contribution < -0.4 is 0 Å². The maximum atomic E-state index is 12.7. The lowest BCUT2D eigenvalue weighted by molar-refractivity contribution is -0.166. The molecule has 0 aromatic carbocycles. The Morgan fingerprint density at radius 2 is 0.730 bits per heavy atom. The maximum Gasteiger partial charge on any atom is 0.306 e. The molecule has 0 rings (SSSR count). The number of carbonyl (C=O) groups is 3. The van der Waals surface area contributed by atoms with Crippen LogP contribution in [0.25, 0.3) is 0 Å². The van der Waals surface area contributed by atoms with E-state index in [9.17, 15) is 14.4 Å². The molecule has 0 aliphatic carbocycles. The van der Waals surface area contributed by atoms with E-state index in [1.165, 1.54) is 38.5 Å². The fourth-order valence-electron chi connectivity index (χ4n) is 6.06. The van der Waals surface area contributed by atoms with Gasteiger partial charge in [-0.05, 0) is 103 Å². The van der Waals surface area contributed by atoms with Crippen LogP contribution in [0.1, 0.15) is 188 Å². The van der Waals surface area contributed by atoms with E-state index in [-0.39, 0.29) is 44.0 Å². The molecule has 0 spiro atoms. The third-order valence-corrected chi connectivity index (χ3v) is 9.73. The molecule has 0 saturated heterocycles. The van der Waals surface area contributed by atoms with Gasteiger partial charge in [-0.2, -0.15) is 0 Å². The topological polar surface area (TPSA) is 78.9 Å². The maximum absolute atomic E-state index is 12.7. The summed E-state index contributed by atoms with van der Waals surface area (Å²) < 4.78 is 16.6. The van der Waals surface area contributed by atoms with Crippen LogP contribution in [0, 0.1) is 0 Å². The van der Waals surface area contributed by atoms with Gasteiger partial charge in [0.15, 0.2) is 6.10 Å². The van der Waals surface area contributed by atoms with Crippen LogP contribution in [0.15, 0.2) is 134 Å². The number of unbranched alkanes of at least 4 members (excludes halogenated alkanes) is 12. The van der Waals surface area contributed by atoms with Gasteiger partial charge in [0.05, 0.1) is 0 Å². The van der Waals surface area contributed by atoms with Crippen molar-refractivity contribution in [3.8, 4) is 0 Å². The molecule has 63 heavy (non-hydrogen) atoms. The van der Waals surface area contributed by atoms with Gasteiger partial charge in [0.1, 0.15) is 13.2 Å². The van der Waals surface area contributed by atoms with E-state index in [2.05, 4.69) is 106 Å². The zero-order valence-corrected chi connectivity index (χ0v) is 40.0. The largest absolute Gasteiger partial charge is 0.462 e. The van der Waals surface area contributed by atoms with Crippen LogP contribution >= 0.6 is 0 Å². The Bertz CT molecular complexity index is 1420. The fraction of sp³-hybridized carbons (Fsp3) is 0.561. The molecule has 1 atom stereocenters. The molecule has 0 amide bonds. The summed E-state index contributed by atoms with van der Waals surface area (Å²) in [6, 6.07) is 0. The van der Waals surface area contributed by atoms with Gasteiger partial charge in [-0.3, -0.25) is 14.4 Å². The van der Waals surface area contributed by atoms with Crippen molar-refractivity contribution in [1.29, 1.82) is 0 Å². The van der Waals surface area contributed by atoms with Crippen LogP contribution in [-0.4, -0.2) is 37.2 Å². The van der Waals surface area contributed by atoms with Crippen LogP contribution in [-0.2, 0) is 28.6 Å². The Kier molecular flexibility index (Phi) is 46.7. The first-order valence-corrected chi connectivity index (χ1v) is 24.7. The second-order valence-corrected chi connectivity index (χ2v) is 15.7. The van der Waals surface area contributed by atoms with Crippen molar-refractivity contribution < 1.29 is 28.6 Å². The molecule has 0 aliphatic rings. The molecule has 1 unspecified atom stereocenters. The van der Waals surface area contributed by atoms with E-state index in [0.29, 0.717) is 19.3 Å². The molecule has 352 valence electrons. The second kappa shape index (κ2) is 50.2. The normalized spacial score (nSPS) is 13.3. The molecule has 6 nitrogen and oxygen atoms in total. The standard InChI is InChI=1S/C57H88O6/c1-4-7-10-13-16-19-22-25-26-27-28-29-30-33-35-38-41-44-47-50-56(59)62-53-54(63-57(60)51-48-45-42-39-36-32-24-21-18-15-12-9-6-3)52-61-55(58)49-46-43-40-37-34-31-23-20-17-14-11-8-5-2/h7,9-10,12,15-16,18-19,21,24-26,28-29,31-36,41,44,54H,4-6,8,11,13-14,17,20,22-23,27,30,37-40,42-43,45-53H2,1-3H3/b10-7-,12-9-,18-15-,19-16-,24-21-,26-25-,29-28-,34-31-,35-33-,36-32-,44-41-. The SMILES string of the molecule is CC\C=C/C=C\C=C/C=C\CCCCCC(=O)OC(COC(=O)CC/C=C\C/C=C\C/C=C\C/C=C\C/C=C\C/C=C\CC)COC(=O)CCCCC/C=C\CCCCCCCC. The Morgan fingerprint density at radius 3 is 1.25 bits per heavy atom. The molecule has 0 heterocycles. The van der Waals surface area contributed by atoms with Crippen molar-refractivity contribution in [1.82, 2.24) is 0 Å². The fourth-order valence-corrected chi connectivity index (χ4v) is 6.06. The van der Waals surface area contributed by atoms with E-state index in [4.69, 9.17) is 14.2 Å². The number of rotatable bonds is 42. The molecule has 0 bridgehead atoms. The lowest BCUT2D eigenvalue weighted by atomic mass is 10.1. The molecule has 0 saturated carbocycles. The smallest absolute Gasteiger partial charge is 0.306 e. The average molecular weight is 869 g/mol. The first-order chi connectivity index (χ1) is 31.0. The molecule has 6 heteroatoms. The molecule has 0 aliphatic heterocycles. The van der Waals surface area contributed by atoms with Crippen molar-refractivity contribution in [2.24, 2.45) is 0 Å². The zero-order valence-electron chi connectivity index (χ0n) is 40.0. The van der Waals surface area contributed by atoms with Crippen molar-refractivity contribution in [3.05, 3.63) is 134 Å². The van der Waals surface area contributed by atoms with Gasteiger partial charge in [0, 0.05) is 19.3 Å². The Labute approximate surface area is 385 Å². The van der Waals surface area contributed by atoms with Crippen molar-refractivity contribution in [3.63, 3.8) is 0 Å². The number of carbonyl (C=O) groups excluding carboxylic acids is 3.